The van der Waals surface area contributed by atoms with Gasteiger partial charge in [-0.25, -0.2) is 18.7 Å². The molecule has 0 saturated heterocycles. The molecule has 5 nitrogen and oxygen atoms in total. The fourth-order valence-corrected chi connectivity index (χ4v) is 3.10. The van der Waals surface area contributed by atoms with E-state index in [1.165, 1.54) is 12.1 Å². The van der Waals surface area contributed by atoms with Gasteiger partial charge in [-0.2, -0.15) is 0 Å². The van der Waals surface area contributed by atoms with Crippen LogP contribution >= 0.6 is 0 Å². The van der Waals surface area contributed by atoms with Crippen molar-refractivity contribution in [2.75, 3.05) is 11.1 Å². The first kappa shape index (κ1) is 18.5. The molecule has 1 amide bonds. The Hall–Kier alpha value is -3.87. The van der Waals surface area contributed by atoms with Crippen LogP contribution in [0.1, 0.15) is 15.9 Å². The van der Waals surface area contributed by atoms with Crippen LogP contribution < -0.4 is 11.1 Å². The van der Waals surface area contributed by atoms with Crippen molar-refractivity contribution < 1.29 is 13.6 Å². The quantitative estimate of drug-likeness (QED) is 0.530. The first-order valence-electron chi connectivity index (χ1n) is 8.81. The lowest BCUT2D eigenvalue weighted by Gasteiger charge is -2.12. The Kier molecular flexibility index (Phi) is 4.64. The molecule has 1 heterocycles. The normalized spacial score (nSPS) is 10.9. The maximum atomic E-state index is 13.9. The number of fused-ring (bicyclic) bond motifs is 1. The van der Waals surface area contributed by atoms with Crippen molar-refractivity contribution in [3.05, 3.63) is 83.6 Å². The van der Waals surface area contributed by atoms with Crippen LogP contribution in [0.15, 0.2) is 60.8 Å². The fourth-order valence-electron chi connectivity index (χ4n) is 3.10. The standard InChI is InChI=1S/C22H16F2N4O/c1-12-5-7-15(27-21(29)16-3-2-4-18(23)20(16)24)10-17(12)13-6-8-19-14(9-13)11-26-22(25)28-19/h2-11H,1H3,(H,27,29)(H2,25,26,28). The number of nitrogens with one attached hydrogen (secondary N) is 1. The molecule has 0 unspecified atom stereocenters. The van der Waals surface area contributed by atoms with Gasteiger partial charge in [0.25, 0.3) is 5.91 Å². The van der Waals surface area contributed by atoms with Crippen molar-refractivity contribution >= 4 is 28.4 Å². The summed E-state index contributed by atoms with van der Waals surface area (Å²) in [5.41, 5.74) is 9.21. The molecular weight excluding hydrogens is 374 g/mol. The second-order valence-corrected chi connectivity index (χ2v) is 6.59. The Morgan fingerprint density at radius 2 is 1.90 bits per heavy atom. The average molecular weight is 390 g/mol. The van der Waals surface area contributed by atoms with E-state index in [4.69, 9.17) is 5.73 Å². The average Bonchev–Trinajstić information content (AvgIpc) is 2.71. The molecule has 0 atom stereocenters. The fraction of sp³-hybridized carbons (Fsp3) is 0.0455. The highest BCUT2D eigenvalue weighted by molar-refractivity contribution is 6.04. The van der Waals surface area contributed by atoms with E-state index in [0.29, 0.717) is 5.69 Å². The Morgan fingerprint density at radius 1 is 1.07 bits per heavy atom. The second-order valence-electron chi connectivity index (χ2n) is 6.59. The number of halogens is 2. The Morgan fingerprint density at radius 3 is 2.72 bits per heavy atom. The highest BCUT2D eigenvalue weighted by atomic mass is 19.2. The number of rotatable bonds is 3. The van der Waals surface area contributed by atoms with Crippen LogP contribution in [-0.4, -0.2) is 15.9 Å². The number of hydrogen-bond acceptors (Lipinski definition) is 4. The van der Waals surface area contributed by atoms with Crippen LogP contribution in [0.5, 0.6) is 0 Å². The minimum atomic E-state index is -1.17. The molecule has 0 fully saturated rings. The van der Waals surface area contributed by atoms with Crippen LogP contribution in [0.4, 0.5) is 20.4 Å². The zero-order valence-corrected chi connectivity index (χ0v) is 15.4. The molecule has 7 heteroatoms. The number of aryl methyl sites for hydroxylation is 1. The van der Waals surface area contributed by atoms with Gasteiger partial charge in [-0.15, -0.1) is 0 Å². The van der Waals surface area contributed by atoms with Crippen LogP contribution in [-0.2, 0) is 0 Å². The van der Waals surface area contributed by atoms with Crippen LogP contribution in [0, 0.1) is 18.6 Å². The monoisotopic (exact) mass is 390 g/mol. The molecule has 1 aromatic heterocycles. The lowest BCUT2D eigenvalue weighted by atomic mass is 9.98. The zero-order chi connectivity index (χ0) is 20.5. The topological polar surface area (TPSA) is 80.9 Å². The lowest BCUT2D eigenvalue weighted by Crippen LogP contribution is -2.14. The van der Waals surface area contributed by atoms with Gasteiger partial charge in [0, 0.05) is 17.3 Å². The van der Waals surface area contributed by atoms with E-state index >= 15 is 0 Å². The van der Waals surface area contributed by atoms with Gasteiger partial charge in [0.05, 0.1) is 11.1 Å². The summed E-state index contributed by atoms with van der Waals surface area (Å²) >= 11 is 0. The number of amides is 1. The van der Waals surface area contributed by atoms with Gasteiger partial charge in [-0.1, -0.05) is 18.2 Å². The van der Waals surface area contributed by atoms with E-state index in [0.717, 1.165) is 33.7 Å². The van der Waals surface area contributed by atoms with Gasteiger partial charge in [-0.05, 0) is 60.0 Å². The molecular formula is C22H16F2N4O. The predicted molar refractivity (Wildman–Crippen MR) is 108 cm³/mol. The number of anilines is 2. The van der Waals surface area contributed by atoms with E-state index in [-0.39, 0.29) is 11.5 Å². The molecule has 0 saturated carbocycles. The molecule has 4 aromatic rings. The molecule has 0 bridgehead atoms. The summed E-state index contributed by atoms with van der Waals surface area (Å²) in [5, 5.41) is 3.45. The van der Waals surface area contributed by atoms with E-state index in [1.54, 1.807) is 18.3 Å². The SMILES string of the molecule is Cc1ccc(NC(=O)c2cccc(F)c2F)cc1-c1ccc2nc(N)ncc2c1. The number of nitrogens with zero attached hydrogens (tertiary/aromatic N) is 2. The number of benzene rings is 3. The number of hydrogen-bond donors (Lipinski definition) is 2. The van der Waals surface area contributed by atoms with Crippen molar-refractivity contribution in [3.8, 4) is 11.1 Å². The molecule has 29 heavy (non-hydrogen) atoms. The molecule has 144 valence electrons. The minimum Gasteiger partial charge on any atom is -0.368 e. The van der Waals surface area contributed by atoms with Crippen molar-refractivity contribution in [1.82, 2.24) is 9.97 Å². The van der Waals surface area contributed by atoms with Gasteiger partial charge in [0.1, 0.15) is 0 Å². The maximum absolute atomic E-state index is 13.9. The summed E-state index contributed by atoms with van der Waals surface area (Å²) in [6.45, 7) is 1.94. The van der Waals surface area contributed by atoms with E-state index in [1.807, 2.05) is 31.2 Å². The third kappa shape index (κ3) is 3.62. The number of carbonyl (C=O) groups excluding carboxylic acids is 1. The smallest absolute Gasteiger partial charge is 0.258 e. The predicted octanol–water partition coefficient (Wildman–Crippen LogP) is 4.72. The molecule has 0 aliphatic heterocycles. The van der Waals surface area contributed by atoms with E-state index in [9.17, 15) is 13.6 Å². The van der Waals surface area contributed by atoms with Crippen molar-refractivity contribution in [1.29, 1.82) is 0 Å². The van der Waals surface area contributed by atoms with E-state index < -0.39 is 17.5 Å². The van der Waals surface area contributed by atoms with Gasteiger partial charge in [-0.3, -0.25) is 4.79 Å². The minimum absolute atomic E-state index is 0.204. The highest BCUT2D eigenvalue weighted by Crippen LogP contribution is 2.29. The molecule has 0 spiro atoms. The third-order valence-electron chi connectivity index (χ3n) is 4.60. The van der Waals surface area contributed by atoms with Crippen LogP contribution in [0.3, 0.4) is 0 Å². The third-order valence-corrected chi connectivity index (χ3v) is 4.60. The molecule has 0 aliphatic carbocycles. The molecule has 0 radical (unpaired) electrons. The molecule has 0 aliphatic rings. The maximum Gasteiger partial charge on any atom is 0.258 e. The largest absolute Gasteiger partial charge is 0.368 e. The van der Waals surface area contributed by atoms with Crippen molar-refractivity contribution in [3.63, 3.8) is 0 Å². The van der Waals surface area contributed by atoms with Crippen LogP contribution in [0.25, 0.3) is 22.0 Å². The van der Waals surface area contributed by atoms with Gasteiger partial charge < -0.3 is 11.1 Å². The molecule has 4 rings (SSSR count). The summed E-state index contributed by atoms with van der Waals surface area (Å²) < 4.78 is 27.3. The molecule has 3 aromatic carbocycles. The summed E-state index contributed by atoms with van der Waals surface area (Å²) in [6.07, 6.45) is 1.65. The Bertz CT molecular complexity index is 1260. The first-order valence-corrected chi connectivity index (χ1v) is 8.81. The number of aromatic nitrogens is 2. The summed E-state index contributed by atoms with van der Waals surface area (Å²) in [6, 6.07) is 14.5. The summed E-state index contributed by atoms with van der Waals surface area (Å²) in [4.78, 5) is 20.6. The van der Waals surface area contributed by atoms with Gasteiger partial charge >= 0.3 is 0 Å². The van der Waals surface area contributed by atoms with Gasteiger partial charge in [0.15, 0.2) is 11.6 Å². The van der Waals surface area contributed by atoms with Crippen LogP contribution in [0.2, 0.25) is 0 Å². The summed E-state index contributed by atoms with van der Waals surface area (Å²) in [5.74, 6) is -2.76. The number of nitrogen functional groups attached to an aromatic ring is 1. The first-order chi connectivity index (χ1) is 13.9. The highest BCUT2D eigenvalue weighted by Gasteiger charge is 2.16. The van der Waals surface area contributed by atoms with Crippen molar-refractivity contribution in [2.24, 2.45) is 0 Å². The van der Waals surface area contributed by atoms with Gasteiger partial charge in [0.2, 0.25) is 5.95 Å². The Labute approximate surface area is 165 Å². The van der Waals surface area contributed by atoms with E-state index in [2.05, 4.69) is 15.3 Å². The second kappa shape index (κ2) is 7.27. The number of nitrogens with two attached hydrogens (primary N) is 1. The number of carbonyl (C=O) groups is 1. The Balaban J connectivity index is 1.68. The lowest BCUT2D eigenvalue weighted by molar-refractivity contribution is 0.102. The summed E-state index contributed by atoms with van der Waals surface area (Å²) in [7, 11) is 0. The molecule has 3 N–H and O–H groups in total. The van der Waals surface area contributed by atoms with Crippen molar-refractivity contribution in [2.45, 2.75) is 6.92 Å². The zero-order valence-electron chi connectivity index (χ0n) is 15.4.